The molecule has 1 aromatic rings. The minimum atomic E-state index is -2.55. The van der Waals surface area contributed by atoms with Gasteiger partial charge in [0.05, 0.1) is 14.8 Å². The number of rotatable bonds is 1. The summed E-state index contributed by atoms with van der Waals surface area (Å²) in [6, 6.07) is 0. The minimum absolute atomic E-state index is 0.130. The van der Waals surface area contributed by atoms with Gasteiger partial charge in [0.25, 0.3) is 6.43 Å². The maximum absolute atomic E-state index is 12.2. The first-order valence-corrected chi connectivity index (χ1v) is 5.07. The zero-order valence-electron chi connectivity index (χ0n) is 5.69. The summed E-state index contributed by atoms with van der Waals surface area (Å²) in [6.07, 6.45) is -1.44. The predicted octanol–water partition coefficient (Wildman–Crippen LogP) is 2.81. The molecule has 6 heteroatoms. The molecule has 0 aliphatic carbocycles. The lowest BCUT2D eigenvalue weighted by atomic mass is 10.2. The first-order valence-electron chi connectivity index (χ1n) is 2.91. The highest BCUT2D eigenvalue weighted by Gasteiger charge is 2.15. The van der Waals surface area contributed by atoms with Crippen LogP contribution in [0.3, 0.4) is 0 Å². The number of pyridine rings is 1. The fourth-order valence-electron chi connectivity index (χ4n) is 0.664. The van der Waals surface area contributed by atoms with Gasteiger partial charge in [0.15, 0.2) is 0 Å². The molecule has 0 spiro atoms. The van der Waals surface area contributed by atoms with Crippen molar-refractivity contribution in [2.24, 2.45) is 0 Å². The van der Waals surface area contributed by atoms with Crippen LogP contribution in [-0.2, 0) is 0 Å². The second-order valence-electron chi connectivity index (χ2n) is 2.03. The molecule has 66 valence electrons. The standard InChI is InChI=1S/C6H4F2I2N2/c7-5(8)2-1-12-6(10)3(9)4(2)11/h1,5H,(H2,11,12). The Bertz CT molecular complexity index is 304. The Labute approximate surface area is 95.2 Å². The van der Waals surface area contributed by atoms with E-state index in [1.807, 2.05) is 45.2 Å². The van der Waals surface area contributed by atoms with E-state index in [-0.39, 0.29) is 11.3 Å². The summed E-state index contributed by atoms with van der Waals surface area (Å²) in [5, 5.41) is 0. The molecule has 0 saturated carbocycles. The van der Waals surface area contributed by atoms with Crippen LogP contribution in [0.15, 0.2) is 6.20 Å². The first kappa shape index (κ1) is 10.4. The van der Waals surface area contributed by atoms with Gasteiger partial charge in [-0.2, -0.15) is 0 Å². The summed E-state index contributed by atoms with van der Waals surface area (Å²) in [5.41, 5.74) is 5.39. The van der Waals surface area contributed by atoms with Crippen LogP contribution in [0.5, 0.6) is 0 Å². The molecule has 12 heavy (non-hydrogen) atoms. The highest BCUT2D eigenvalue weighted by atomic mass is 127. The van der Waals surface area contributed by atoms with Crippen molar-refractivity contribution in [2.45, 2.75) is 6.43 Å². The topological polar surface area (TPSA) is 38.9 Å². The van der Waals surface area contributed by atoms with Gasteiger partial charge in [-0.3, -0.25) is 0 Å². The van der Waals surface area contributed by atoms with E-state index in [4.69, 9.17) is 5.73 Å². The number of anilines is 1. The van der Waals surface area contributed by atoms with Crippen LogP contribution in [0.1, 0.15) is 12.0 Å². The smallest absolute Gasteiger partial charge is 0.267 e. The average Bonchev–Trinajstić information content (AvgIpc) is 2.00. The Morgan fingerprint density at radius 3 is 2.50 bits per heavy atom. The lowest BCUT2D eigenvalue weighted by molar-refractivity contribution is 0.151. The fourth-order valence-corrected chi connectivity index (χ4v) is 1.54. The van der Waals surface area contributed by atoms with Crippen molar-refractivity contribution in [3.63, 3.8) is 0 Å². The normalized spacial score (nSPS) is 10.8. The lowest BCUT2D eigenvalue weighted by Gasteiger charge is -2.06. The van der Waals surface area contributed by atoms with E-state index < -0.39 is 6.43 Å². The van der Waals surface area contributed by atoms with E-state index in [0.29, 0.717) is 7.27 Å². The summed E-state index contributed by atoms with van der Waals surface area (Å²) >= 11 is 3.85. The Balaban J connectivity index is 3.27. The zero-order chi connectivity index (χ0) is 9.30. The van der Waals surface area contributed by atoms with E-state index in [2.05, 4.69) is 4.98 Å². The third-order valence-corrected chi connectivity index (χ3v) is 4.22. The van der Waals surface area contributed by atoms with Gasteiger partial charge in [0.2, 0.25) is 0 Å². The second-order valence-corrected chi connectivity index (χ2v) is 4.13. The van der Waals surface area contributed by atoms with Crippen LogP contribution in [0, 0.1) is 7.27 Å². The van der Waals surface area contributed by atoms with Gasteiger partial charge in [0.1, 0.15) is 3.70 Å². The number of hydrogen-bond acceptors (Lipinski definition) is 2. The summed E-state index contributed by atoms with van der Waals surface area (Å²) < 4.78 is 25.7. The van der Waals surface area contributed by atoms with Crippen LogP contribution < -0.4 is 5.73 Å². The van der Waals surface area contributed by atoms with E-state index >= 15 is 0 Å². The molecule has 2 nitrogen and oxygen atoms in total. The molecule has 2 N–H and O–H groups in total. The maximum Gasteiger partial charge on any atom is 0.267 e. The van der Waals surface area contributed by atoms with Crippen LogP contribution >= 0.6 is 45.2 Å². The summed E-state index contributed by atoms with van der Waals surface area (Å²) in [6.45, 7) is 0. The quantitative estimate of drug-likeness (QED) is 0.586. The Kier molecular flexibility index (Phi) is 3.44. The van der Waals surface area contributed by atoms with Crippen LogP contribution in [0.2, 0.25) is 0 Å². The van der Waals surface area contributed by atoms with E-state index in [0.717, 1.165) is 6.20 Å². The molecule has 0 radical (unpaired) electrons. The van der Waals surface area contributed by atoms with Crippen molar-refractivity contribution < 1.29 is 8.78 Å². The van der Waals surface area contributed by atoms with Crippen LogP contribution in [0.4, 0.5) is 14.5 Å². The van der Waals surface area contributed by atoms with Crippen molar-refractivity contribution in [1.82, 2.24) is 4.98 Å². The predicted molar refractivity (Wildman–Crippen MR) is 59.0 cm³/mol. The second kappa shape index (κ2) is 3.99. The molecule has 0 saturated heterocycles. The van der Waals surface area contributed by atoms with Gasteiger partial charge >= 0.3 is 0 Å². The van der Waals surface area contributed by atoms with Crippen LogP contribution in [0.25, 0.3) is 0 Å². The molecule has 1 heterocycles. The van der Waals surface area contributed by atoms with Gasteiger partial charge in [-0.25, -0.2) is 13.8 Å². The number of nitrogens with two attached hydrogens (primary N) is 1. The third-order valence-electron chi connectivity index (χ3n) is 1.28. The molecule has 0 aliphatic rings. The number of halogens is 4. The summed E-state index contributed by atoms with van der Waals surface area (Å²) in [4.78, 5) is 3.78. The van der Waals surface area contributed by atoms with Crippen molar-refractivity contribution in [1.29, 1.82) is 0 Å². The van der Waals surface area contributed by atoms with E-state index in [1.54, 1.807) is 0 Å². The van der Waals surface area contributed by atoms with Gasteiger partial charge in [-0.05, 0) is 45.2 Å². The van der Waals surface area contributed by atoms with Gasteiger partial charge in [-0.1, -0.05) is 0 Å². The Morgan fingerprint density at radius 1 is 1.42 bits per heavy atom. The number of nitrogen functional groups attached to an aromatic ring is 1. The number of hydrogen-bond donors (Lipinski definition) is 1. The number of aromatic nitrogens is 1. The monoisotopic (exact) mass is 396 g/mol. The average molecular weight is 396 g/mol. The molecule has 0 fully saturated rings. The van der Waals surface area contributed by atoms with Crippen molar-refractivity contribution in [2.75, 3.05) is 5.73 Å². The molecular weight excluding hydrogens is 392 g/mol. The fraction of sp³-hybridized carbons (Fsp3) is 0.167. The number of nitrogens with zero attached hydrogens (tertiary/aromatic N) is 1. The largest absolute Gasteiger partial charge is 0.397 e. The van der Waals surface area contributed by atoms with Crippen LogP contribution in [-0.4, -0.2) is 4.98 Å². The van der Waals surface area contributed by atoms with Gasteiger partial charge in [0, 0.05) is 6.20 Å². The molecular formula is C6H4F2I2N2. The molecule has 1 rings (SSSR count). The van der Waals surface area contributed by atoms with Crippen molar-refractivity contribution in [3.05, 3.63) is 19.0 Å². The summed E-state index contributed by atoms with van der Waals surface area (Å²) in [5.74, 6) is 0. The molecule has 0 atom stereocenters. The third kappa shape index (κ3) is 1.95. The van der Waals surface area contributed by atoms with E-state index in [9.17, 15) is 8.78 Å². The summed E-state index contributed by atoms with van der Waals surface area (Å²) in [7, 11) is 0. The molecule has 0 aliphatic heterocycles. The maximum atomic E-state index is 12.2. The molecule has 1 aromatic heterocycles. The van der Waals surface area contributed by atoms with Gasteiger partial charge in [-0.15, -0.1) is 0 Å². The molecule has 0 amide bonds. The highest BCUT2D eigenvalue weighted by Crippen LogP contribution is 2.29. The van der Waals surface area contributed by atoms with Crippen molar-refractivity contribution >= 4 is 50.9 Å². The Hall–Kier alpha value is 0.270. The van der Waals surface area contributed by atoms with Gasteiger partial charge < -0.3 is 5.73 Å². The molecule has 0 unspecified atom stereocenters. The molecule has 0 bridgehead atoms. The Morgan fingerprint density at radius 2 is 2.00 bits per heavy atom. The number of alkyl halides is 2. The van der Waals surface area contributed by atoms with Crippen molar-refractivity contribution in [3.8, 4) is 0 Å². The molecule has 0 aromatic carbocycles. The minimum Gasteiger partial charge on any atom is -0.397 e. The highest BCUT2D eigenvalue weighted by molar-refractivity contribution is 14.1. The first-order chi connectivity index (χ1) is 5.54. The SMILES string of the molecule is Nc1c(C(F)F)cnc(I)c1I. The zero-order valence-corrected chi connectivity index (χ0v) is 10.0. The lowest BCUT2D eigenvalue weighted by Crippen LogP contribution is -2.01. The van der Waals surface area contributed by atoms with E-state index in [1.165, 1.54) is 0 Å².